The second-order valence-corrected chi connectivity index (χ2v) is 9.85. The first kappa shape index (κ1) is 24.7. The largest absolute Gasteiger partial charge is 0.368 e. The Balaban J connectivity index is 1.67. The van der Waals surface area contributed by atoms with Gasteiger partial charge in [-0.15, -0.1) is 0 Å². The Morgan fingerprint density at radius 1 is 1.20 bits per heavy atom. The second-order valence-electron chi connectivity index (χ2n) is 9.44. The molecule has 5 N–H and O–H groups in total. The van der Waals surface area contributed by atoms with Crippen LogP contribution in [0.25, 0.3) is 10.9 Å². The summed E-state index contributed by atoms with van der Waals surface area (Å²) < 4.78 is 13.4. The summed E-state index contributed by atoms with van der Waals surface area (Å²) in [6, 6.07) is 10.7. The zero-order valence-corrected chi connectivity index (χ0v) is 20.3. The monoisotopic (exact) mass is 498 g/mol. The minimum absolute atomic E-state index is 0.127. The van der Waals surface area contributed by atoms with Gasteiger partial charge in [-0.25, -0.2) is 4.39 Å². The SMILES string of the molecule is CC(C)[C@H](NC(=O)[C@@]1(NC(=O)Cc2ccc(F)cc2Cl)CCc2[nH]c3ccccc3c2C1)C(N)=O. The van der Waals surface area contributed by atoms with E-state index in [2.05, 4.69) is 15.6 Å². The second kappa shape index (κ2) is 9.70. The third-order valence-corrected chi connectivity index (χ3v) is 6.97. The Kier molecular flexibility index (Phi) is 6.85. The quantitative estimate of drug-likeness (QED) is 0.401. The highest BCUT2D eigenvalue weighted by molar-refractivity contribution is 6.31. The number of aromatic amines is 1. The van der Waals surface area contributed by atoms with Crippen LogP contribution in [-0.4, -0.2) is 34.3 Å². The molecule has 1 aromatic heterocycles. The molecular weight excluding hydrogens is 471 g/mol. The summed E-state index contributed by atoms with van der Waals surface area (Å²) in [6.45, 7) is 3.58. The molecule has 0 bridgehead atoms. The van der Waals surface area contributed by atoms with Crippen molar-refractivity contribution in [1.29, 1.82) is 0 Å². The Morgan fingerprint density at radius 2 is 1.94 bits per heavy atom. The van der Waals surface area contributed by atoms with Gasteiger partial charge in [0.25, 0.3) is 0 Å². The number of benzene rings is 2. The van der Waals surface area contributed by atoms with Gasteiger partial charge in [0.1, 0.15) is 17.4 Å². The lowest BCUT2D eigenvalue weighted by Gasteiger charge is -2.38. The van der Waals surface area contributed by atoms with Gasteiger partial charge in [0.05, 0.1) is 6.42 Å². The zero-order valence-electron chi connectivity index (χ0n) is 19.6. The fraction of sp³-hybridized carbons (Fsp3) is 0.346. The van der Waals surface area contributed by atoms with Crippen molar-refractivity contribution >= 4 is 40.2 Å². The average molecular weight is 499 g/mol. The standard InChI is InChI=1S/C26H28ClFN4O3/c1-14(2)23(24(29)34)31-25(35)26(32-22(33)11-15-7-8-16(28)12-19(15)27)10-9-21-18(13-26)17-5-3-4-6-20(17)30-21/h3-8,12,14,23,30H,9-11,13H2,1-2H3,(H2,29,34)(H,31,35)(H,32,33)/t23-,26+/m0/s1. The molecule has 9 heteroatoms. The van der Waals surface area contributed by atoms with Crippen molar-refractivity contribution in [3.63, 3.8) is 0 Å². The van der Waals surface area contributed by atoms with Crippen LogP contribution in [0.4, 0.5) is 4.39 Å². The number of rotatable bonds is 7. The Labute approximate surface area is 207 Å². The van der Waals surface area contributed by atoms with Crippen molar-refractivity contribution < 1.29 is 18.8 Å². The predicted molar refractivity (Wildman–Crippen MR) is 132 cm³/mol. The van der Waals surface area contributed by atoms with Crippen LogP contribution in [0.15, 0.2) is 42.5 Å². The summed E-state index contributed by atoms with van der Waals surface area (Å²) in [5.41, 5.74) is 7.59. The maximum atomic E-state index is 13.7. The lowest BCUT2D eigenvalue weighted by atomic mass is 9.78. The maximum absolute atomic E-state index is 13.7. The number of amides is 3. The molecule has 4 rings (SSSR count). The number of nitrogens with one attached hydrogen (secondary N) is 3. The molecule has 0 saturated carbocycles. The number of nitrogens with two attached hydrogens (primary N) is 1. The van der Waals surface area contributed by atoms with Gasteiger partial charge in [-0.2, -0.15) is 0 Å². The number of H-pyrrole nitrogens is 1. The number of carbonyl (C=O) groups is 3. The first-order valence-electron chi connectivity index (χ1n) is 11.5. The molecule has 1 aliphatic rings. The van der Waals surface area contributed by atoms with Gasteiger partial charge in [-0.1, -0.05) is 49.7 Å². The third kappa shape index (κ3) is 5.03. The number of para-hydroxylation sites is 1. The van der Waals surface area contributed by atoms with Crippen LogP contribution >= 0.6 is 11.6 Å². The maximum Gasteiger partial charge on any atom is 0.246 e. The van der Waals surface area contributed by atoms with Crippen LogP contribution in [-0.2, 0) is 33.6 Å². The highest BCUT2D eigenvalue weighted by atomic mass is 35.5. The Bertz CT molecular complexity index is 1300. The molecule has 0 radical (unpaired) electrons. The van der Waals surface area contributed by atoms with Crippen LogP contribution in [0.5, 0.6) is 0 Å². The average Bonchev–Trinajstić information content (AvgIpc) is 3.16. The summed E-state index contributed by atoms with van der Waals surface area (Å²) in [6.07, 6.45) is 0.964. The number of halogens is 2. The molecule has 0 aliphatic heterocycles. The molecule has 3 amide bonds. The van der Waals surface area contributed by atoms with Gasteiger partial charge in [-0.3, -0.25) is 14.4 Å². The molecule has 0 spiro atoms. The van der Waals surface area contributed by atoms with Crippen LogP contribution < -0.4 is 16.4 Å². The normalized spacial score (nSPS) is 18.2. The summed E-state index contributed by atoms with van der Waals surface area (Å²) >= 11 is 6.11. The van der Waals surface area contributed by atoms with Crippen LogP contribution in [0, 0.1) is 11.7 Å². The number of aromatic nitrogens is 1. The molecule has 2 atom stereocenters. The lowest BCUT2D eigenvalue weighted by molar-refractivity contribution is -0.136. The first-order valence-corrected chi connectivity index (χ1v) is 11.9. The van der Waals surface area contributed by atoms with E-state index < -0.39 is 35.1 Å². The van der Waals surface area contributed by atoms with E-state index in [0.29, 0.717) is 18.4 Å². The third-order valence-electron chi connectivity index (χ3n) is 6.62. The van der Waals surface area contributed by atoms with E-state index in [0.717, 1.165) is 28.2 Å². The molecule has 7 nitrogen and oxygen atoms in total. The van der Waals surface area contributed by atoms with E-state index >= 15 is 0 Å². The fourth-order valence-corrected chi connectivity index (χ4v) is 4.99. The molecule has 1 aliphatic carbocycles. The molecule has 35 heavy (non-hydrogen) atoms. The number of primary amides is 1. The lowest BCUT2D eigenvalue weighted by Crippen LogP contribution is -2.64. The number of fused-ring (bicyclic) bond motifs is 3. The highest BCUT2D eigenvalue weighted by Crippen LogP contribution is 2.34. The number of hydrogen-bond donors (Lipinski definition) is 4. The Hall–Kier alpha value is -3.39. The van der Waals surface area contributed by atoms with Crippen molar-refractivity contribution in [3.8, 4) is 0 Å². The van der Waals surface area contributed by atoms with Crippen molar-refractivity contribution in [1.82, 2.24) is 15.6 Å². The molecule has 184 valence electrons. The van der Waals surface area contributed by atoms with Gasteiger partial charge in [0, 0.05) is 28.0 Å². The van der Waals surface area contributed by atoms with E-state index in [9.17, 15) is 18.8 Å². The number of carbonyl (C=O) groups excluding carboxylic acids is 3. The van der Waals surface area contributed by atoms with Crippen molar-refractivity contribution in [2.24, 2.45) is 11.7 Å². The van der Waals surface area contributed by atoms with Crippen molar-refractivity contribution in [2.45, 2.75) is 51.1 Å². The van der Waals surface area contributed by atoms with Crippen LogP contribution in [0.1, 0.15) is 37.1 Å². The van der Waals surface area contributed by atoms with Gasteiger partial charge >= 0.3 is 0 Å². The fourth-order valence-electron chi connectivity index (χ4n) is 4.75. The predicted octanol–water partition coefficient (Wildman–Crippen LogP) is 3.17. The minimum atomic E-state index is -1.30. The van der Waals surface area contributed by atoms with E-state index in [-0.39, 0.29) is 23.8 Å². The topological polar surface area (TPSA) is 117 Å². The van der Waals surface area contributed by atoms with Gasteiger partial charge in [0.2, 0.25) is 17.7 Å². The van der Waals surface area contributed by atoms with Crippen LogP contribution in [0.3, 0.4) is 0 Å². The van der Waals surface area contributed by atoms with E-state index in [1.165, 1.54) is 12.1 Å². The highest BCUT2D eigenvalue weighted by Gasteiger charge is 2.45. The molecule has 1 heterocycles. The van der Waals surface area contributed by atoms with Crippen LogP contribution in [0.2, 0.25) is 5.02 Å². The summed E-state index contributed by atoms with van der Waals surface area (Å²) in [5, 5.41) is 6.81. The van der Waals surface area contributed by atoms with Crippen molar-refractivity contribution in [2.75, 3.05) is 0 Å². The molecule has 3 aromatic rings. The zero-order chi connectivity index (χ0) is 25.3. The first-order chi connectivity index (χ1) is 16.6. The summed E-state index contributed by atoms with van der Waals surface area (Å²) in [4.78, 5) is 42.2. The summed E-state index contributed by atoms with van der Waals surface area (Å²) in [7, 11) is 0. The van der Waals surface area contributed by atoms with Crippen molar-refractivity contribution in [3.05, 3.63) is 70.1 Å². The van der Waals surface area contributed by atoms with E-state index in [1.807, 2.05) is 24.3 Å². The summed E-state index contributed by atoms with van der Waals surface area (Å²) in [5.74, 6) is -2.27. The van der Waals surface area contributed by atoms with E-state index in [4.69, 9.17) is 17.3 Å². The number of hydrogen-bond acceptors (Lipinski definition) is 3. The minimum Gasteiger partial charge on any atom is -0.368 e. The molecule has 2 aromatic carbocycles. The van der Waals surface area contributed by atoms with Gasteiger partial charge in [0.15, 0.2) is 0 Å². The molecule has 0 unspecified atom stereocenters. The Morgan fingerprint density at radius 3 is 2.63 bits per heavy atom. The van der Waals surface area contributed by atoms with Gasteiger partial charge in [-0.05, 0) is 48.1 Å². The number of aryl methyl sites for hydroxylation is 1. The van der Waals surface area contributed by atoms with E-state index in [1.54, 1.807) is 13.8 Å². The molecule has 0 fully saturated rings. The smallest absolute Gasteiger partial charge is 0.246 e. The molecular formula is C26H28ClFN4O3. The van der Waals surface area contributed by atoms with Gasteiger partial charge < -0.3 is 21.4 Å². The molecule has 0 saturated heterocycles.